The largest absolute Gasteiger partial charge is 0.470 e. The molecule has 28 heavy (non-hydrogen) atoms. The smallest absolute Gasteiger partial charge is 0.260 e. The molecule has 0 saturated carbocycles. The Bertz CT molecular complexity index is 909. The van der Waals surface area contributed by atoms with Crippen LogP contribution < -0.4 is 4.74 Å². The molecule has 1 aromatic heterocycles. The summed E-state index contributed by atoms with van der Waals surface area (Å²) in [5, 5.41) is 25.5. The molecule has 3 heterocycles. The van der Waals surface area contributed by atoms with E-state index in [-0.39, 0.29) is 30.6 Å². The van der Waals surface area contributed by atoms with Crippen molar-refractivity contribution in [1.82, 2.24) is 10.1 Å². The van der Waals surface area contributed by atoms with Crippen LogP contribution in [0.25, 0.3) is 0 Å². The van der Waals surface area contributed by atoms with Gasteiger partial charge in [-0.1, -0.05) is 36.4 Å². The summed E-state index contributed by atoms with van der Waals surface area (Å²) >= 11 is 0. The van der Waals surface area contributed by atoms with Crippen molar-refractivity contribution in [3.05, 3.63) is 58.9 Å². The molecular weight excluding hydrogens is 360 g/mol. The van der Waals surface area contributed by atoms with Crippen LogP contribution in [0.1, 0.15) is 35.5 Å². The Morgan fingerprint density at radius 1 is 1.29 bits per heavy atom. The van der Waals surface area contributed by atoms with Crippen molar-refractivity contribution < 1.29 is 24.2 Å². The fourth-order valence-corrected chi connectivity index (χ4v) is 5.15. The van der Waals surface area contributed by atoms with Crippen molar-refractivity contribution in [3.63, 3.8) is 0 Å². The minimum atomic E-state index is -1.01. The molecule has 2 N–H and O–H groups in total. The second kappa shape index (κ2) is 6.42. The number of aromatic nitrogens is 1. The molecule has 1 spiro atoms. The molecule has 148 valence electrons. The van der Waals surface area contributed by atoms with Crippen LogP contribution in [0.5, 0.6) is 5.88 Å². The van der Waals surface area contributed by atoms with Crippen molar-refractivity contribution in [2.24, 2.45) is 5.92 Å². The number of ether oxygens (including phenoxy) is 2. The van der Waals surface area contributed by atoms with E-state index in [2.05, 4.69) is 10.1 Å². The van der Waals surface area contributed by atoms with E-state index in [4.69, 9.17) is 14.0 Å². The Kier molecular flexibility index (Phi) is 4.10. The van der Waals surface area contributed by atoms with Crippen LogP contribution >= 0.6 is 0 Å². The highest BCUT2D eigenvalue weighted by Crippen LogP contribution is 2.63. The first-order valence-corrected chi connectivity index (χ1v) is 9.56. The maximum atomic E-state index is 11.4. The van der Waals surface area contributed by atoms with E-state index < -0.39 is 11.7 Å². The lowest BCUT2D eigenvalue weighted by molar-refractivity contribution is -0.116. The molecule has 0 amide bonds. The lowest BCUT2D eigenvalue weighted by atomic mass is 9.64. The summed E-state index contributed by atoms with van der Waals surface area (Å²) in [6, 6.07) is 9.65. The number of rotatable bonds is 5. The van der Waals surface area contributed by atoms with Crippen LogP contribution in [0.15, 0.2) is 46.5 Å². The molecule has 2 aliphatic heterocycles. The van der Waals surface area contributed by atoms with Crippen molar-refractivity contribution in [3.8, 4) is 5.88 Å². The predicted octanol–water partition coefficient (Wildman–Crippen LogP) is 1.98. The van der Waals surface area contributed by atoms with E-state index in [1.165, 1.54) is 0 Å². The van der Waals surface area contributed by atoms with Crippen LogP contribution in [-0.2, 0) is 11.3 Å². The first-order valence-electron chi connectivity index (χ1n) is 9.56. The van der Waals surface area contributed by atoms with Crippen LogP contribution in [0.2, 0.25) is 0 Å². The maximum Gasteiger partial charge on any atom is 0.260 e. The third-order valence-corrected chi connectivity index (χ3v) is 6.27. The second-order valence-electron chi connectivity index (χ2n) is 7.99. The second-order valence-corrected chi connectivity index (χ2v) is 7.99. The fraction of sp³-hybridized carbons (Fsp3) is 0.476. The van der Waals surface area contributed by atoms with Gasteiger partial charge in [0.25, 0.3) is 5.88 Å². The molecule has 1 fully saturated rings. The molecule has 5 atom stereocenters. The number of aliphatic hydroxyl groups is 2. The molecule has 0 radical (unpaired) electrons. The Morgan fingerprint density at radius 2 is 2.07 bits per heavy atom. The molecule has 1 saturated heterocycles. The van der Waals surface area contributed by atoms with Crippen molar-refractivity contribution in [2.75, 3.05) is 20.7 Å². The minimum Gasteiger partial charge on any atom is -0.470 e. The summed E-state index contributed by atoms with van der Waals surface area (Å²) in [7, 11) is 3.95. The molecular formula is C21H24N2O5. The molecule has 1 aliphatic carbocycles. The van der Waals surface area contributed by atoms with Gasteiger partial charge >= 0.3 is 0 Å². The van der Waals surface area contributed by atoms with Gasteiger partial charge in [-0.3, -0.25) is 4.90 Å². The lowest BCUT2D eigenvalue weighted by Crippen LogP contribution is -2.52. The zero-order chi connectivity index (χ0) is 19.5. The highest BCUT2D eigenvalue weighted by molar-refractivity contribution is 5.47. The van der Waals surface area contributed by atoms with Crippen LogP contribution in [0, 0.1) is 5.92 Å². The van der Waals surface area contributed by atoms with Gasteiger partial charge < -0.3 is 24.2 Å². The summed E-state index contributed by atoms with van der Waals surface area (Å²) < 4.78 is 17.9. The first-order chi connectivity index (χ1) is 13.6. The predicted molar refractivity (Wildman–Crippen MR) is 99.5 cm³/mol. The zero-order valence-corrected chi connectivity index (χ0v) is 15.9. The molecule has 7 nitrogen and oxygen atoms in total. The third-order valence-electron chi connectivity index (χ3n) is 6.27. The van der Waals surface area contributed by atoms with Crippen molar-refractivity contribution in [2.45, 2.75) is 36.9 Å². The van der Waals surface area contributed by atoms with Gasteiger partial charge in [-0.25, -0.2) is 0 Å². The number of aliphatic hydroxyl groups excluding tert-OH is 2. The van der Waals surface area contributed by atoms with E-state index in [9.17, 15) is 10.2 Å². The number of hydrogen-bond donors (Lipinski definition) is 2. The molecule has 1 aromatic carbocycles. The molecule has 5 rings (SSSR count). The average Bonchev–Trinajstić information content (AvgIpc) is 3.38. The maximum absolute atomic E-state index is 11.4. The van der Waals surface area contributed by atoms with Crippen molar-refractivity contribution in [1.29, 1.82) is 0 Å². The summed E-state index contributed by atoms with van der Waals surface area (Å²) in [5.41, 5.74) is 1.29. The highest BCUT2D eigenvalue weighted by atomic mass is 16.6. The van der Waals surface area contributed by atoms with Gasteiger partial charge in [0, 0.05) is 5.92 Å². The number of hydrogen-bond acceptors (Lipinski definition) is 7. The quantitative estimate of drug-likeness (QED) is 0.762. The van der Waals surface area contributed by atoms with Crippen LogP contribution in [0.4, 0.5) is 0 Å². The molecule has 2 bridgehead atoms. The van der Waals surface area contributed by atoms with E-state index in [1.807, 2.05) is 50.5 Å². The van der Waals surface area contributed by atoms with Gasteiger partial charge in [0.1, 0.15) is 18.3 Å². The Hall–Kier alpha value is -2.19. The monoisotopic (exact) mass is 384 g/mol. The minimum absolute atomic E-state index is 0.0305. The lowest BCUT2D eigenvalue weighted by Gasteiger charge is -2.46. The summed E-state index contributed by atoms with van der Waals surface area (Å²) in [6.07, 6.45) is 1.60. The molecule has 3 aliphatic rings. The van der Waals surface area contributed by atoms with E-state index in [0.29, 0.717) is 17.9 Å². The van der Waals surface area contributed by atoms with E-state index in [1.54, 1.807) is 0 Å². The highest BCUT2D eigenvalue weighted by Gasteiger charge is 2.66. The molecule has 0 unspecified atom stereocenters. The topological polar surface area (TPSA) is 88.2 Å². The summed E-state index contributed by atoms with van der Waals surface area (Å²) in [4.78, 5) is 2.06. The molecule has 7 heteroatoms. The first kappa shape index (κ1) is 17.9. The van der Waals surface area contributed by atoms with Crippen LogP contribution in [-0.4, -0.2) is 52.7 Å². The van der Waals surface area contributed by atoms with Gasteiger partial charge in [0.05, 0.1) is 24.3 Å². The van der Waals surface area contributed by atoms with E-state index in [0.717, 1.165) is 17.6 Å². The third kappa shape index (κ3) is 2.34. The number of nitrogens with zero attached hydrogens (tertiary/aromatic N) is 2. The van der Waals surface area contributed by atoms with Gasteiger partial charge in [-0.15, -0.1) is 0 Å². The number of benzene rings is 1. The zero-order valence-electron chi connectivity index (χ0n) is 15.9. The van der Waals surface area contributed by atoms with Gasteiger partial charge in [0.15, 0.2) is 5.76 Å². The average molecular weight is 384 g/mol. The van der Waals surface area contributed by atoms with Gasteiger partial charge in [-0.05, 0) is 36.8 Å². The number of fused-ring (bicyclic) bond motifs is 2. The summed E-state index contributed by atoms with van der Waals surface area (Å²) in [5.74, 6) is 0.865. The molecule has 2 aromatic rings. The SMILES string of the molecule is CN(C)[C@@H]1c2onc(OCc3ccccc3)c2[C@@H](O)[C@]23O[C@H](C=C2CO)C[C@@H]13. The van der Waals surface area contributed by atoms with Gasteiger partial charge in [0.2, 0.25) is 0 Å². The van der Waals surface area contributed by atoms with Gasteiger partial charge in [-0.2, -0.15) is 0 Å². The fourth-order valence-electron chi connectivity index (χ4n) is 5.15. The van der Waals surface area contributed by atoms with E-state index >= 15 is 0 Å². The Morgan fingerprint density at radius 3 is 2.79 bits per heavy atom. The normalized spacial score (nSPS) is 33.0. The van der Waals surface area contributed by atoms with Crippen LogP contribution in [0.3, 0.4) is 0 Å². The Labute approximate surface area is 163 Å². The van der Waals surface area contributed by atoms with Crippen molar-refractivity contribution >= 4 is 0 Å². The Balaban J connectivity index is 1.56. The standard InChI is InChI=1S/C21H24N2O5/c1-23(2)17-15-9-14-8-13(10-24)21(15,27-14)19(25)16-18(17)28-22-20(16)26-11-12-6-4-3-5-7-12/h3-8,14-15,17,19,24-25H,9-11H2,1-2H3/t14-,15+,17+,19-,21+/m1/s1. The summed E-state index contributed by atoms with van der Waals surface area (Å²) in [6.45, 7) is 0.173.